The van der Waals surface area contributed by atoms with Gasteiger partial charge in [-0.2, -0.15) is 0 Å². The van der Waals surface area contributed by atoms with E-state index in [1.54, 1.807) is 19.1 Å². The molecule has 0 heterocycles. The maximum Gasteiger partial charge on any atom is 0.126 e. The smallest absolute Gasteiger partial charge is 0.126 e. The molecule has 0 atom stereocenters. The number of nitrogens with zero attached hydrogens (tertiary/aromatic N) is 1. The van der Waals surface area contributed by atoms with Crippen molar-refractivity contribution >= 4 is 11.5 Å². The molecule has 1 aliphatic rings. The van der Waals surface area contributed by atoms with E-state index in [2.05, 4.69) is 4.99 Å². The average Bonchev–Trinajstić information content (AvgIpc) is 2.35. The second-order valence-electron chi connectivity index (χ2n) is 4.81. The molecule has 92 valence electrons. The molecule has 17 heavy (non-hydrogen) atoms. The summed E-state index contributed by atoms with van der Waals surface area (Å²) in [5, 5.41) is 0. The third kappa shape index (κ3) is 3.05. The fourth-order valence-electron chi connectivity index (χ4n) is 2.34. The van der Waals surface area contributed by atoms with Crippen molar-refractivity contribution in [1.29, 1.82) is 0 Å². The van der Waals surface area contributed by atoms with Crippen molar-refractivity contribution < 1.29 is 4.39 Å². The van der Waals surface area contributed by atoms with Crippen molar-refractivity contribution in [3.8, 4) is 0 Å². The third-order valence-electron chi connectivity index (χ3n) is 3.42. The Kier molecular flexibility index (Phi) is 3.77. The van der Waals surface area contributed by atoms with E-state index in [-0.39, 0.29) is 5.82 Å². The van der Waals surface area contributed by atoms with Crippen molar-refractivity contribution in [3.05, 3.63) is 29.6 Å². The molecule has 0 bridgehead atoms. The zero-order chi connectivity index (χ0) is 12.3. The molecule has 0 spiro atoms. The number of nitrogens with two attached hydrogens (primary N) is 1. The second-order valence-corrected chi connectivity index (χ2v) is 4.81. The van der Waals surface area contributed by atoms with Gasteiger partial charge in [-0.25, -0.2) is 9.38 Å². The van der Waals surface area contributed by atoms with Crippen LogP contribution in [0.15, 0.2) is 23.2 Å². The van der Waals surface area contributed by atoms with Gasteiger partial charge < -0.3 is 5.73 Å². The molecule has 2 N–H and O–H groups in total. The molecule has 1 saturated carbocycles. The van der Waals surface area contributed by atoms with Crippen LogP contribution in [0.2, 0.25) is 0 Å². The minimum Gasteiger partial charge on any atom is -0.387 e. The summed E-state index contributed by atoms with van der Waals surface area (Å²) in [7, 11) is 0. The Balaban J connectivity index is 2.13. The molecule has 2 nitrogen and oxygen atoms in total. The molecule has 1 aromatic carbocycles. The molecule has 1 aromatic rings. The van der Waals surface area contributed by atoms with Gasteiger partial charge in [0.05, 0.1) is 5.69 Å². The van der Waals surface area contributed by atoms with E-state index >= 15 is 0 Å². The van der Waals surface area contributed by atoms with E-state index in [0.29, 0.717) is 17.3 Å². The molecule has 0 unspecified atom stereocenters. The van der Waals surface area contributed by atoms with Crippen LogP contribution < -0.4 is 5.73 Å². The molecule has 1 fully saturated rings. The van der Waals surface area contributed by atoms with Gasteiger partial charge in [0.1, 0.15) is 11.7 Å². The van der Waals surface area contributed by atoms with Crippen molar-refractivity contribution in [1.82, 2.24) is 0 Å². The minimum atomic E-state index is -0.194. The predicted molar refractivity (Wildman–Crippen MR) is 69.0 cm³/mol. The minimum absolute atomic E-state index is 0.194. The molecule has 3 heteroatoms. The first-order valence-corrected chi connectivity index (χ1v) is 6.27. The zero-order valence-corrected chi connectivity index (χ0v) is 10.2. The number of halogens is 1. The Morgan fingerprint density at radius 1 is 1.29 bits per heavy atom. The van der Waals surface area contributed by atoms with Gasteiger partial charge in [-0.15, -0.1) is 0 Å². The number of aryl methyl sites for hydroxylation is 1. The molecule has 0 aromatic heterocycles. The Morgan fingerprint density at radius 2 is 2.00 bits per heavy atom. The van der Waals surface area contributed by atoms with Gasteiger partial charge in [0.15, 0.2) is 0 Å². The number of aliphatic imine (C=N–C) groups is 1. The van der Waals surface area contributed by atoms with Crippen LogP contribution in [0.5, 0.6) is 0 Å². The fraction of sp³-hybridized carbons (Fsp3) is 0.500. The first-order chi connectivity index (χ1) is 8.16. The number of amidine groups is 1. The summed E-state index contributed by atoms with van der Waals surface area (Å²) < 4.78 is 13.1. The number of rotatable bonds is 2. The number of hydrogen-bond acceptors (Lipinski definition) is 1. The van der Waals surface area contributed by atoms with E-state index in [0.717, 1.165) is 18.5 Å². The highest BCUT2D eigenvalue weighted by atomic mass is 19.1. The third-order valence-corrected chi connectivity index (χ3v) is 3.42. The highest BCUT2D eigenvalue weighted by molar-refractivity contribution is 5.85. The van der Waals surface area contributed by atoms with Crippen molar-refractivity contribution in [3.63, 3.8) is 0 Å². The molecule has 0 amide bonds. The summed E-state index contributed by atoms with van der Waals surface area (Å²) in [6.45, 7) is 1.74. The summed E-state index contributed by atoms with van der Waals surface area (Å²) in [5.41, 5.74) is 7.39. The van der Waals surface area contributed by atoms with Crippen LogP contribution in [0, 0.1) is 18.7 Å². The van der Waals surface area contributed by atoms with Gasteiger partial charge in [-0.1, -0.05) is 19.3 Å². The maximum atomic E-state index is 13.1. The van der Waals surface area contributed by atoms with Gasteiger partial charge in [0, 0.05) is 5.92 Å². The molecule has 2 rings (SSSR count). The van der Waals surface area contributed by atoms with Crippen LogP contribution in [-0.2, 0) is 0 Å². The lowest BCUT2D eigenvalue weighted by atomic mass is 9.88. The standard InChI is InChI=1S/C14H19FN2/c1-10-9-12(7-8-13(10)15)17-14(16)11-5-3-2-4-6-11/h7-9,11H,2-6H2,1H3,(H2,16,17). The van der Waals surface area contributed by atoms with Crippen LogP contribution in [-0.4, -0.2) is 5.84 Å². The van der Waals surface area contributed by atoms with Crippen molar-refractivity contribution in [2.75, 3.05) is 0 Å². The SMILES string of the molecule is Cc1cc(N=C(N)C2CCCCC2)ccc1F. The van der Waals surface area contributed by atoms with Gasteiger partial charge in [0.25, 0.3) is 0 Å². The highest BCUT2D eigenvalue weighted by Gasteiger charge is 2.16. The summed E-state index contributed by atoms with van der Waals surface area (Å²) in [4.78, 5) is 4.41. The lowest BCUT2D eigenvalue weighted by Gasteiger charge is -2.20. The first-order valence-electron chi connectivity index (χ1n) is 6.27. The van der Waals surface area contributed by atoms with Crippen LogP contribution in [0.1, 0.15) is 37.7 Å². The van der Waals surface area contributed by atoms with E-state index in [9.17, 15) is 4.39 Å². The Morgan fingerprint density at radius 3 is 2.65 bits per heavy atom. The summed E-state index contributed by atoms with van der Waals surface area (Å²) in [6.07, 6.45) is 6.05. The van der Waals surface area contributed by atoms with Crippen LogP contribution in [0.3, 0.4) is 0 Å². The van der Waals surface area contributed by atoms with Crippen molar-refractivity contribution in [2.24, 2.45) is 16.6 Å². The summed E-state index contributed by atoms with van der Waals surface area (Å²) >= 11 is 0. The van der Waals surface area contributed by atoms with Crippen LogP contribution in [0.4, 0.5) is 10.1 Å². The molecule has 0 saturated heterocycles. The molecular weight excluding hydrogens is 215 g/mol. The Labute approximate surface area is 102 Å². The molecular formula is C14H19FN2. The van der Waals surface area contributed by atoms with Gasteiger partial charge >= 0.3 is 0 Å². The monoisotopic (exact) mass is 234 g/mol. The quantitative estimate of drug-likeness (QED) is 0.615. The summed E-state index contributed by atoms with van der Waals surface area (Å²) in [5.74, 6) is 0.921. The maximum absolute atomic E-state index is 13.1. The van der Waals surface area contributed by atoms with E-state index in [1.807, 2.05) is 0 Å². The number of benzene rings is 1. The first kappa shape index (κ1) is 12.1. The predicted octanol–water partition coefficient (Wildman–Crippen LogP) is 3.70. The van der Waals surface area contributed by atoms with E-state index < -0.39 is 0 Å². The summed E-state index contributed by atoms with van der Waals surface area (Å²) in [6, 6.07) is 4.87. The Hall–Kier alpha value is -1.38. The number of hydrogen-bond donors (Lipinski definition) is 1. The molecule has 1 aliphatic carbocycles. The van der Waals surface area contributed by atoms with E-state index in [1.165, 1.54) is 25.3 Å². The second kappa shape index (κ2) is 5.30. The van der Waals surface area contributed by atoms with Gasteiger partial charge in [-0.05, 0) is 43.5 Å². The molecule has 0 aliphatic heterocycles. The Bertz CT molecular complexity index is 420. The lowest BCUT2D eigenvalue weighted by Crippen LogP contribution is -2.25. The van der Waals surface area contributed by atoms with Gasteiger partial charge in [-0.3, -0.25) is 0 Å². The van der Waals surface area contributed by atoms with Crippen molar-refractivity contribution in [2.45, 2.75) is 39.0 Å². The zero-order valence-electron chi connectivity index (χ0n) is 10.2. The lowest BCUT2D eigenvalue weighted by molar-refractivity contribution is 0.437. The largest absolute Gasteiger partial charge is 0.387 e. The van der Waals surface area contributed by atoms with E-state index in [4.69, 9.17) is 5.73 Å². The van der Waals surface area contributed by atoms with Crippen LogP contribution in [0.25, 0.3) is 0 Å². The topological polar surface area (TPSA) is 38.4 Å². The highest BCUT2D eigenvalue weighted by Crippen LogP contribution is 2.25. The normalized spacial score (nSPS) is 18.4. The fourth-order valence-corrected chi connectivity index (χ4v) is 2.34. The van der Waals surface area contributed by atoms with Gasteiger partial charge in [0.2, 0.25) is 0 Å². The average molecular weight is 234 g/mol. The van der Waals surface area contributed by atoms with Crippen LogP contribution >= 0.6 is 0 Å². The molecule has 0 radical (unpaired) electrons.